The Labute approximate surface area is 191 Å². The molecule has 2 amide bonds. The summed E-state index contributed by atoms with van der Waals surface area (Å²) in [5, 5.41) is 9.65. The van der Waals surface area contributed by atoms with Crippen LogP contribution in [-0.2, 0) is 6.42 Å². The van der Waals surface area contributed by atoms with E-state index in [-0.39, 0.29) is 11.9 Å². The number of amides is 2. The Morgan fingerprint density at radius 3 is 2.42 bits per heavy atom. The second-order valence-electron chi connectivity index (χ2n) is 8.25. The first kappa shape index (κ1) is 20.8. The number of benzene rings is 3. The number of nitrogens with zero attached hydrogens (tertiary/aromatic N) is 3. The number of nitrogens with one attached hydrogen (secondary N) is 1. The van der Waals surface area contributed by atoms with Crippen molar-refractivity contribution >= 4 is 23.0 Å². The number of piperazine rings is 1. The SMILES string of the molecule is O=C(c1ccc2nc(-c3ccccc3)[nH]c2c1)N1CCN(C(=O)O)C(Cc2ccccc2)C1. The molecule has 2 heterocycles. The first-order valence-electron chi connectivity index (χ1n) is 11.0. The minimum atomic E-state index is -0.949. The van der Waals surface area contributed by atoms with Gasteiger partial charge in [0.15, 0.2) is 0 Å². The van der Waals surface area contributed by atoms with Gasteiger partial charge in [-0.3, -0.25) is 4.79 Å². The van der Waals surface area contributed by atoms with Crippen LogP contribution in [0, 0.1) is 0 Å². The molecule has 166 valence electrons. The van der Waals surface area contributed by atoms with Gasteiger partial charge in [-0.1, -0.05) is 60.7 Å². The average molecular weight is 441 g/mol. The molecule has 0 spiro atoms. The third kappa shape index (κ3) is 4.30. The van der Waals surface area contributed by atoms with Crippen LogP contribution in [0.25, 0.3) is 22.4 Å². The summed E-state index contributed by atoms with van der Waals surface area (Å²) in [5.41, 5.74) is 4.19. The van der Waals surface area contributed by atoms with Crippen LogP contribution in [0.2, 0.25) is 0 Å². The summed E-state index contributed by atoms with van der Waals surface area (Å²) < 4.78 is 0. The monoisotopic (exact) mass is 440 g/mol. The van der Waals surface area contributed by atoms with Crippen LogP contribution in [0.1, 0.15) is 15.9 Å². The molecule has 1 aliphatic rings. The van der Waals surface area contributed by atoms with E-state index in [4.69, 9.17) is 0 Å². The van der Waals surface area contributed by atoms with Gasteiger partial charge in [0.05, 0.1) is 17.1 Å². The molecule has 0 aliphatic carbocycles. The number of H-pyrrole nitrogens is 1. The molecule has 0 radical (unpaired) electrons. The maximum absolute atomic E-state index is 13.3. The van der Waals surface area contributed by atoms with Crippen LogP contribution in [0.5, 0.6) is 0 Å². The third-order valence-corrected chi connectivity index (χ3v) is 6.11. The van der Waals surface area contributed by atoms with Crippen molar-refractivity contribution in [1.82, 2.24) is 19.8 Å². The van der Waals surface area contributed by atoms with Gasteiger partial charge < -0.3 is 19.9 Å². The zero-order valence-electron chi connectivity index (χ0n) is 18.0. The largest absolute Gasteiger partial charge is 0.465 e. The van der Waals surface area contributed by atoms with Gasteiger partial charge in [-0.05, 0) is 30.2 Å². The van der Waals surface area contributed by atoms with Crippen LogP contribution in [0.4, 0.5) is 4.79 Å². The second-order valence-corrected chi connectivity index (χ2v) is 8.25. The summed E-state index contributed by atoms with van der Waals surface area (Å²) in [4.78, 5) is 36.2. The van der Waals surface area contributed by atoms with Crippen LogP contribution in [-0.4, -0.2) is 62.6 Å². The first-order chi connectivity index (χ1) is 16.1. The van der Waals surface area contributed by atoms with E-state index in [1.54, 1.807) is 11.0 Å². The van der Waals surface area contributed by atoms with Gasteiger partial charge in [-0.2, -0.15) is 0 Å². The number of imidazole rings is 1. The van der Waals surface area contributed by atoms with Crippen molar-refractivity contribution in [2.45, 2.75) is 12.5 Å². The first-order valence-corrected chi connectivity index (χ1v) is 11.0. The number of fused-ring (bicyclic) bond motifs is 1. The van der Waals surface area contributed by atoms with Gasteiger partial charge in [0, 0.05) is 30.8 Å². The zero-order chi connectivity index (χ0) is 22.8. The lowest BCUT2D eigenvalue weighted by atomic mass is 10.0. The zero-order valence-corrected chi connectivity index (χ0v) is 18.0. The molecular formula is C26H24N4O3. The smallest absolute Gasteiger partial charge is 0.407 e. The van der Waals surface area contributed by atoms with Crippen molar-refractivity contribution in [2.75, 3.05) is 19.6 Å². The van der Waals surface area contributed by atoms with Gasteiger partial charge in [0.1, 0.15) is 5.82 Å². The van der Waals surface area contributed by atoms with Crippen molar-refractivity contribution in [2.24, 2.45) is 0 Å². The Morgan fingerprint density at radius 2 is 1.70 bits per heavy atom. The van der Waals surface area contributed by atoms with Gasteiger partial charge >= 0.3 is 6.09 Å². The molecule has 3 aromatic carbocycles. The Bertz CT molecular complexity index is 1290. The van der Waals surface area contributed by atoms with Crippen molar-refractivity contribution < 1.29 is 14.7 Å². The number of rotatable bonds is 4. The number of aromatic amines is 1. The summed E-state index contributed by atoms with van der Waals surface area (Å²) in [5.74, 6) is 0.657. The topological polar surface area (TPSA) is 89.5 Å². The molecular weight excluding hydrogens is 416 g/mol. The van der Waals surface area contributed by atoms with E-state index in [1.807, 2.05) is 72.8 Å². The number of hydrogen-bond acceptors (Lipinski definition) is 3. The Hall–Kier alpha value is -4.13. The second kappa shape index (κ2) is 8.78. The van der Waals surface area contributed by atoms with Crippen molar-refractivity contribution in [3.8, 4) is 11.4 Å². The molecule has 33 heavy (non-hydrogen) atoms. The normalized spacial score (nSPS) is 16.2. The molecule has 4 aromatic rings. The average Bonchev–Trinajstić information content (AvgIpc) is 3.28. The number of carbonyl (C=O) groups is 2. The van der Waals surface area contributed by atoms with Gasteiger partial charge in [0.2, 0.25) is 0 Å². The predicted molar refractivity (Wildman–Crippen MR) is 126 cm³/mol. The van der Waals surface area contributed by atoms with Crippen LogP contribution in [0.15, 0.2) is 78.9 Å². The highest BCUT2D eigenvalue weighted by Gasteiger charge is 2.33. The predicted octanol–water partition coefficient (Wildman–Crippen LogP) is 4.28. The van der Waals surface area contributed by atoms with Gasteiger partial charge in [0.25, 0.3) is 5.91 Å². The Kier molecular flexibility index (Phi) is 5.52. The molecule has 0 bridgehead atoms. The minimum absolute atomic E-state index is 0.101. The van der Waals surface area contributed by atoms with E-state index >= 15 is 0 Å². The fourth-order valence-corrected chi connectivity index (χ4v) is 4.41. The van der Waals surface area contributed by atoms with Crippen LogP contribution in [0.3, 0.4) is 0 Å². The van der Waals surface area contributed by atoms with Crippen molar-refractivity contribution in [3.63, 3.8) is 0 Å². The van der Waals surface area contributed by atoms with Crippen molar-refractivity contribution in [3.05, 3.63) is 90.0 Å². The Balaban J connectivity index is 1.37. The fraction of sp³-hybridized carbons (Fsp3) is 0.192. The van der Waals surface area contributed by atoms with Gasteiger partial charge in [-0.15, -0.1) is 0 Å². The van der Waals surface area contributed by atoms with E-state index in [2.05, 4.69) is 9.97 Å². The number of hydrogen-bond donors (Lipinski definition) is 2. The summed E-state index contributed by atoms with van der Waals surface area (Å²) in [7, 11) is 0. The van der Waals surface area contributed by atoms with Crippen molar-refractivity contribution in [1.29, 1.82) is 0 Å². The quantitative estimate of drug-likeness (QED) is 0.496. The van der Waals surface area contributed by atoms with E-state index in [9.17, 15) is 14.7 Å². The molecule has 5 rings (SSSR count). The Morgan fingerprint density at radius 1 is 0.970 bits per heavy atom. The number of carbonyl (C=O) groups excluding carboxylic acids is 1. The fourth-order valence-electron chi connectivity index (χ4n) is 4.41. The standard InChI is InChI=1S/C26H24N4O3/c31-25(20-11-12-22-23(16-20)28-24(27-22)19-9-5-2-6-10-19)29-13-14-30(26(32)33)21(17-29)15-18-7-3-1-4-8-18/h1-12,16,21H,13-15,17H2,(H,27,28)(H,32,33). The summed E-state index contributed by atoms with van der Waals surface area (Å²) in [6, 6.07) is 24.8. The molecule has 7 heteroatoms. The van der Waals surface area contributed by atoms with E-state index in [0.717, 1.165) is 28.0 Å². The summed E-state index contributed by atoms with van der Waals surface area (Å²) in [6.07, 6.45) is -0.382. The minimum Gasteiger partial charge on any atom is -0.465 e. The third-order valence-electron chi connectivity index (χ3n) is 6.11. The van der Waals surface area contributed by atoms with Gasteiger partial charge in [-0.25, -0.2) is 9.78 Å². The number of carboxylic acid groups (broad SMARTS) is 1. The number of aromatic nitrogens is 2. The maximum Gasteiger partial charge on any atom is 0.407 e. The highest BCUT2D eigenvalue weighted by atomic mass is 16.4. The molecule has 1 saturated heterocycles. The highest BCUT2D eigenvalue weighted by Crippen LogP contribution is 2.23. The molecule has 7 nitrogen and oxygen atoms in total. The van der Waals surface area contributed by atoms with E-state index < -0.39 is 6.09 Å². The van der Waals surface area contributed by atoms with E-state index in [1.165, 1.54) is 4.90 Å². The molecule has 2 N–H and O–H groups in total. The molecule has 1 aliphatic heterocycles. The molecule has 1 unspecified atom stereocenters. The summed E-state index contributed by atoms with van der Waals surface area (Å²) in [6.45, 7) is 1.02. The lowest BCUT2D eigenvalue weighted by Crippen LogP contribution is -2.57. The lowest BCUT2D eigenvalue weighted by Gasteiger charge is -2.40. The highest BCUT2D eigenvalue weighted by molar-refractivity contribution is 5.98. The summed E-state index contributed by atoms with van der Waals surface area (Å²) >= 11 is 0. The lowest BCUT2D eigenvalue weighted by molar-refractivity contribution is 0.0476. The molecule has 1 fully saturated rings. The molecule has 1 aromatic heterocycles. The molecule has 0 saturated carbocycles. The van der Waals surface area contributed by atoms with Crippen LogP contribution < -0.4 is 0 Å². The maximum atomic E-state index is 13.3. The van der Waals surface area contributed by atoms with E-state index in [0.29, 0.717) is 31.6 Å². The van der Waals surface area contributed by atoms with Crippen LogP contribution >= 0.6 is 0 Å². The molecule has 1 atom stereocenters.